The minimum absolute atomic E-state index is 0.239. The van der Waals surface area contributed by atoms with Crippen LogP contribution in [-0.2, 0) is 6.54 Å². The van der Waals surface area contributed by atoms with Crippen molar-refractivity contribution in [2.24, 2.45) is 10.8 Å². The number of hydrogen-bond donors (Lipinski definition) is 2. The van der Waals surface area contributed by atoms with Crippen LogP contribution in [-0.4, -0.2) is 47.4 Å². The number of benzene rings is 1. The molecule has 134 valence electrons. The van der Waals surface area contributed by atoms with E-state index in [1.54, 1.807) is 4.90 Å². The largest absolute Gasteiger partial charge is 0.375 e. The highest BCUT2D eigenvalue weighted by molar-refractivity contribution is 5.78. The molecule has 0 aliphatic carbocycles. The Morgan fingerprint density at radius 1 is 1.44 bits per heavy atom. The summed E-state index contributed by atoms with van der Waals surface area (Å²) in [6, 6.07) is 6.49. The molecule has 1 saturated heterocycles. The highest BCUT2D eigenvalue weighted by Gasteiger charge is 2.32. The average Bonchev–Trinajstić information content (AvgIpc) is 3.19. The first kappa shape index (κ1) is 17.5. The Bertz CT molecular complexity index is 727. The predicted octanol–water partition coefficient (Wildman–Crippen LogP) is 2.22. The Kier molecular flexibility index (Phi) is 4.81. The van der Waals surface area contributed by atoms with Crippen LogP contribution < -0.4 is 11.1 Å². The van der Waals surface area contributed by atoms with Gasteiger partial charge in [0.1, 0.15) is 31.2 Å². The van der Waals surface area contributed by atoms with Crippen LogP contribution in [0.3, 0.4) is 0 Å². The van der Waals surface area contributed by atoms with E-state index in [0.717, 1.165) is 25.2 Å². The smallest absolute Gasteiger partial charge is 0.314 e. The van der Waals surface area contributed by atoms with Crippen LogP contribution in [0.15, 0.2) is 35.2 Å². The fourth-order valence-electron chi connectivity index (χ4n) is 3.58. The number of nitrogens with zero attached hydrogens (tertiary/aromatic N) is 3. The Labute approximate surface area is 149 Å². The molecule has 6 nitrogen and oxygen atoms in total. The van der Waals surface area contributed by atoms with Gasteiger partial charge >= 0.3 is 6.03 Å². The van der Waals surface area contributed by atoms with Gasteiger partial charge in [-0.15, -0.1) is 0 Å². The van der Waals surface area contributed by atoms with Crippen molar-refractivity contribution in [1.29, 1.82) is 0 Å². The first-order valence-corrected chi connectivity index (χ1v) is 8.93. The van der Waals surface area contributed by atoms with Crippen molar-refractivity contribution in [2.75, 3.05) is 19.6 Å². The van der Waals surface area contributed by atoms with Gasteiger partial charge in [-0.05, 0) is 32.8 Å². The third-order valence-electron chi connectivity index (χ3n) is 5.17. The van der Waals surface area contributed by atoms with E-state index in [2.05, 4.69) is 50.5 Å². The second-order valence-corrected chi connectivity index (χ2v) is 7.13. The number of hydrogen-bond acceptors (Lipinski definition) is 3. The number of rotatable bonds is 5. The minimum atomic E-state index is -0.341. The molecule has 0 aromatic heterocycles. The molecule has 2 atom stereocenters. The van der Waals surface area contributed by atoms with Crippen LogP contribution in [0.5, 0.6) is 0 Å². The van der Waals surface area contributed by atoms with Crippen LogP contribution in [0.4, 0.5) is 4.79 Å². The molecule has 3 N–H and O–H groups in total. The Balaban J connectivity index is 1.69. The minimum Gasteiger partial charge on any atom is -0.375 e. The molecule has 2 heterocycles. The molecule has 1 unspecified atom stereocenters. The molecule has 0 radical (unpaired) electrons. The number of carbonyl (C=O) groups is 1. The molecule has 0 saturated carbocycles. The van der Waals surface area contributed by atoms with E-state index in [1.807, 2.05) is 6.21 Å². The van der Waals surface area contributed by atoms with Crippen molar-refractivity contribution in [1.82, 2.24) is 10.2 Å². The Morgan fingerprint density at radius 2 is 2.24 bits per heavy atom. The molecule has 1 aromatic carbocycles. The fraction of sp³-hybridized carbons (Fsp3) is 0.474. The second-order valence-electron chi connectivity index (χ2n) is 7.13. The lowest BCUT2D eigenvalue weighted by molar-refractivity contribution is -0.895. The molecule has 2 amide bonds. The van der Waals surface area contributed by atoms with E-state index < -0.39 is 0 Å². The summed E-state index contributed by atoms with van der Waals surface area (Å²) in [5.41, 5.74) is 10.3. The summed E-state index contributed by atoms with van der Waals surface area (Å²) in [4.78, 5) is 13.0. The van der Waals surface area contributed by atoms with E-state index in [0.29, 0.717) is 17.7 Å². The maximum absolute atomic E-state index is 11.3. The SMILES string of the molecule is CC[N+]1(Cc2ccc(C)cc2C)C=C(N[C@H]2CCN(C(N)=O)C2)C=N1. The zero-order valence-corrected chi connectivity index (χ0v) is 15.3. The van der Waals surface area contributed by atoms with E-state index in [-0.39, 0.29) is 12.1 Å². The van der Waals surface area contributed by atoms with E-state index >= 15 is 0 Å². The summed E-state index contributed by atoms with van der Waals surface area (Å²) in [6.45, 7) is 9.56. The standard InChI is InChI=1S/C19H27N5O/c1-4-24(12-16-6-5-14(2)9-15(16)3)13-18(10-21-24)22-17-7-8-23(11-17)19(20)25/h5-6,9-10,13,17,22H,4,7-8,11-12H2,1-3H3,(H-,20,25)/p+1/t17-,24?/m0/s1. The quantitative estimate of drug-likeness (QED) is 0.806. The molecular formula is C19H28N5O+. The number of carbonyl (C=O) groups excluding carboxylic acids is 1. The van der Waals surface area contributed by atoms with Gasteiger partial charge in [0, 0.05) is 24.7 Å². The lowest BCUT2D eigenvalue weighted by Gasteiger charge is -2.25. The average molecular weight is 342 g/mol. The molecule has 0 spiro atoms. The normalized spacial score (nSPS) is 25.3. The van der Waals surface area contributed by atoms with Gasteiger partial charge in [-0.25, -0.2) is 4.79 Å². The van der Waals surface area contributed by atoms with Gasteiger partial charge in [0.05, 0.1) is 0 Å². The highest BCUT2D eigenvalue weighted by atomic mass is 16.2. The number of likely N-dealkylation sites (tertiary alicyclic amines) is 1. The van der Waals surface area contributed by atoms with E-state index in [4.69, 9.17) is 10.8 Å². The van der Waals surface area contributed by atoms with Crippen molar-refractivity contribution in [3.63, 3.8) is 0 Å². The monoisotopic (exact) mass is 342 g/mol. The van der Waals surface area contributed by atoms with Crippen LogP contribution in [0.2, 0.25) is 0 Å². The number of nitrogens with two attached hydrogens (primary N) is 1. The third-order valence-corrected chi connectivity index (χ3v) is 5.17. The van der Waals surface area contributed by atoms with Crippen LogP contribution >= 0.6 is 0 Å². The van der Waals surface area contributed by atoms with E-state index in [1.165, 1.54) is 16.7 Å². The molecule has 1 aromatic rings. The van der Waals surface area contributed by atoms with Crippen LogP contribution in [0.1, 0.15) is 30.0 Å². The van der Waals surface area contributed by atoms with E-state index in [9.17, 15) is 4.79 Å². The molecule has 6 heteroatoms. The Hall–Kier alpha value is -2.34. The number of urea groups is 1. The second kappa shape index (κ2) is 6.88. The van der Waals surface area contributed by atoms with Crippen LogP contribution in [0.25, 0.3) is 0 Å². The van der Waals surface area contributed by atoms with Crippen molar-refractivity contribution in [2.45, 2.75) is 39.8 Å². The summed E-state index contributed by atoms with van der Waals surface area (Å²) in [7, 11) is 0. The van der Waals surface area contributed by atoms with Crippen molar-refractivity contribution < 1.29 is 9.39 Å². The maximum atomic E-state index is 11.3. The van der Waals surface area contributed by atoms with Crippen molar-refractivity contribution >= 4 is 12.2 Å². The third kappa shape index (κ3) is 3.85. The predicted molar refractivity (Wildman–Crippen MR) is 99.7 cm³/mol. The van der Waals surface area contributed by atoms with Crippen molar-refractivity contribution in [3.8, 4) is 0 Å². The lowest BCUT2D eigenvalue weighted by Crippen LogP contribution is -2.38. The number of primary amides is 1. The summed E-state index contributed by atoms with van der Waals surface area (Å²) >= 11 is 0. The topological polar surface area (TPSA) is 70.7 Å². The summed E-state index contributed by atoms with van der Waals surface area (Å²) < 4.78 is 0.568. The molecule has 3 rings (SSSR count). The van der Waals surface area contributed by atoms with Gasteiger partial charge in [-0.1, -0.05) is 28.9 Å². The maximum Gasteiger partial charge on any atom is 0.314 e. The summed E-state index contributed by atoms with van der Waals surface area (Å²) in [6.07, 6.45) is 5.02. The van der Waals surface area contributed by atoms with Gasteiger partial charge < -0.3 is 16.0 Å². The van der Waals surface area contributed by atoms with Gasteiger partial charge in [-0.3, -0.25) is 0 Å². The zero-order valence-electron chi connectivity index (χ0n) is 15.3. The fourth-order valence-corrected chi connectivity index (χ4v) is 3.58. The number of aryl methyl sites for hydroxylation is 2. The number of quaternary nitrogens is 1. The lowest BCUT2D eigenvalue weighted by atomic mass is 10.1. The molecule has 2 aliphatic rings. The first-order chi connectivity index (χ1) is 11.9. The van der Waals surface area contributed by atoms with Gasteiger partial charge in [-0.2, -0.15) is 4.59 Å². The van der Waals surface area contributed by atoms with Gasteiger partial charge in [0.25, 0.3) is 0 Å². The summed E-state index contributed by atoms with van der Waals surface area (Å²) in [5, 5.41) is 8.28. The number of nitrogens with one attached hydrogen (secondary N) is 1. The molecule has 25 heavy (non-hydrogen) atoms. The molecule has 2 aliphatic heterocycles. The molecule has 1 fully saturated rings. The zero-order chi connectivity index (χ0) is 18.0. The van der Waals surface area contributed by atoms with Gasteiger partial charge in [0.15, 0.2) is 0 Å². The molecule has 0 bridgehead atoms. The number of allylic oxidation sites excluding steroid dienone is 1. The summed E-state index contributed by atoms with van der Waals surface area (Å²) in [5.74, 6) is 0. The highest BCUT2D eigenvalue weighted by Crippen LogP contribution is 2.24. The Morgan fingerprint density at radius 3 is 2.88 bits per heavy atom. The number of amides is 2. The van der Waals surface area contributed by atoms with Gasteiger partial charge in [0.2, 0.25) is 0 Å². The first-order valence-electron chi connectivity index (χ1n) is 8.93. The van der Waals surface area contributed by atoms with Crippen LogP contribution in [0, 0.1) is 13.8 Å². The molecular weight excluding hydrogens is 314 g/mol. The van der Waals surface area contributed by atoms with Crippen molar-refractivity contribution in [3.05, 3.63) is 46.8 Å².